The molecule has 0 N–H and O–H groups in total. The van der Waals surface area contributed by atoms with Crippen LogP contribution in [-0.2, 0) is 13.2 Å². The van der Waals surface area contributed by atoms with E-state index >= 15 is 0 Å². The third-order valence-electron chi connectivity index (χ3n) is 4.45. The maximum absolute atomic E-state index is 11.3. The van der Waals surface area contributed by atoms with Crippen LogP contribution in [0.2, 0.25) is 0 Å². The molecule has 4 rings (SSSR count). The number of benzene rings is 2. The van der Waals surface area contributed by atoms with Gasteiger partial charge in [0.25, 0.3) is 0 Å². The summed E-state index contributed by atoms with van der Waals surface area (Å²) in [4.78, 5) is 11.3. The zero-order valence-electron chi connectivity index (χ0n) is 16.1. The third-order valence-corrected chi connectivity index (χ3v) is 4.45. The van der Waals surface area contributed by atoms with Gasteiger partial charge in [-0.25, -0.2) is 4.79 Å². The number of aromatic nitrogens is 3. The van der Waals surface area contributed by atoms with Gasteiger partial charge in [0.15, 0.2) is 0 Å². The second kappa shape index (κ2) is 8.60. The van der Waals surface area contributed by atoms with E-state index in [-0.39, 0.29) is 5.63 Å². The number of hydrogen-bond donors (Lipinski definition) is 0. The Hall–Kier alpha value is -3.61. The first-order chi connectivity index (χ1) is 14.2. The lowest BCUT2D eigenvalue weighted by molar-refractivity contribution is 0.297. The van der Waals surface area contributed by atoms with Crippen LogP contribution in [0.25, 0.3) is 11.0 Å². The van der Waals surface area contributed by atoms with Gasteiger partial charge in [-0.1, -0.05) is 23.4 Å². The standard InChI is InChI=1S/C22H21N3O4/c1-16-5-2-3-6-20(16)28-15-18-14-25(24-23-18)11-4-12-27-19-9-7-17-8-10-22(26)29-21(17)13-19/h2-3,5-10,13-14H,4,11-12,15H2,1H3. The molecule has 29 heavy (non-hydrogen) atoms. The van der Waals surface area contributed by atoms with Gasteiger partial charge in [-0.2, -0.15) is 0 Å². The van der Waals surface area contributed by atoms with Crippen molar-refractivity contribution in [3.05, 3.63) is 82.5 Å². The van der Waals surface area contributed by atoms with Gasteiger partial charge < -0.3 is 13.9 Å². The quantitative estimate of drug-likeness (QED) is 0.336. The van der Waals surface area contributed by atoms with Gasteiger partial charge >= 0.3 is 5.63 Å². The largest absolute Gasteiger partial charge is 0.493 e. The predicted molar refractivity (Wildman–Crippen MR) is 108 cm³/mol. The Balaban J connectivity index is 1.25. The zero-order valence-corrected chi connectivity index (χ0v) is 16.1. The molecule has 0 radical (unpaired) electrons. The molecule has 0 saturated carbocycles. The van der Waals surface area contributed by atoms with Gasteiger partial charge in [-0.05, 0) is 36.8 Å². The Kier molecular flexibility index (Phi) is 5.56. The van der Waals surface area contributed by atoms with Crippen LogP contribution in [0, 0.1) is 6.92 Å². The number of rotatable bonds is 8. The Labute approximate surface area is 167 Å². The van der Waals surface area contributed by atoms with Crippen LogP contribution >= 0.6 is 0 Å². The molecule has 0 unspecified atom stereocenters. The number of hydrogen-bond acceptors (Lipinski definition) is 6. The van der Waals surface area contributed by atoms with Crippen molar-refractivity contribution in [2.45, 2.75) is 26.5 Å². The second-order valence-corrected chi connectivity index (χ2v) is 6.68. The SMILES string of the molecule is Cc1ccccc1OCc1cn(CCCOc2ccc3ccc(=O)oc3c2)nn1. The van der Waals surface area contributed by atoms with E-state index in [4.69, 9.17) is 13.9 Å². The van der Waals surface area contributed by atoms with Gasteiger partial charge in [0, 0.05) is 30.5 Å². The number of para-hydroxylation sites is 1. The fraction of sp³-hybridized carbons (Fsp3) is 0.227. The first kappa shape index (κ1) is 18.7. The molecular weight excluding hydrogens is 370 g/mol. The van der Waals surface area contributed by atoms with Crippen LogP contribution in [0.15, 0.2) is 70.0 Å². The van der Waals surface area contributed by atoms with Crippen LogP contribution in [-0.4, -0.2) is 21.6 Å². The normalized spacial score (nSPS) is 10.9. The molecule has 0 amide bonds. The first-order valence-corrected chi connectivity index (χ1v) is 9.41. The summed E-state index contributed by atoms with van der Waals surface area (Å²) in [5, 5.41) is 9.13. The summed E-state index contributed by atoms with van der Waals surface area (Å²) >= 11 is 0. The van der Waals surface area contributed by atoms with Crippen LogP contribution < -0.4 is 15.1 Å². The topological polar surface area (TPSA) is 79.4 Å². The Morgan fingerprint density at radius 1 is 1.07 bits per heavy atom. The van der Waals surface area contributed by atoms with Crippen molar-refractivity contribution in [3.8, 4) is 11.5 Å². The second-order valence-electron chi connectivity index (χ2n) is 6.68. The van der Waals surface area contributed by atoms with Crippen molar-refractivity contribution < 1.29 is 13.9 Å². The summed E-state index contributed by atoms with van der Waals surface area (Å²) in [5.41, 5.74) is 2.01. The van der Waals surface area contributed by atoms with Crippen molar-refractivity contribution in [3.63, 3.8) is 0 Å². The molecule has 0 aliphatic carbocycles. The van der Waals surface area contributed by atoms with E-state index in [1.54, 1.807) is 16.8 Å². The smallest absolute Gasteiger partial charge is 0.336 e. The highest BCUT2D eigenvalue weighted by molar-refractivity contribution is 5.77. The average molecular weight is 391 g/mol. The van der Waals surface area contributed by atoms with E-state index in [2.05, 4.69) is 10.3 Å². The van der Waals surface area contributed by atoms with Crippen LogP contribution in [0.1, 0.15) is 17.7 Å². The number of fused-ring (bicyclic) bond motifs is 1. The van der Waals surface area contributed by atoms with Crippen molar-refractivity contribution in [2.24, 2.45) is 0 Å². The number of ether oxygens (including phenoxy) is 2. The zero-order chi connectivity index (χ0) is 20.1. The molecule has 0 spiro atoms. The molecule has 0 aliphatic rings. The van der Waals surface area contributed by atoms with Crippen LogP contribution in [0.4, 0.5) is 0 Å². The summed E-state index contributed by atoms with van der Waals surface area (Å²) < 4.78 is 18.5. The Morgan fingerprint density at radius 2 is 1.93 bits per heavy atom. The lowest BCUT2D eigenvalue weighted by atomic mass is 10.2. The minimum atomic E-state index is -0.372. The number of aryl methyl sites for hydroxylation is 2. The fourth-order valence-corrected chi connectivity index (χ4v) is 2.93. The maximum Gasteiger partial charge on any atom is 0.336 e. The average Bonchev–Trinajstić information content (AvgIpc) is 3.18. The van der Waals surface area contributed by atoms with Crippen LogP contribution in [0.3, 0.4) is 0 Å². The molecule has 0 fully saturated rings. The first-order valence-electron chi connectivity index (χ1n) is 9.41. The summed E-state index contributed by atoms with van der Waals surface area (Å²) in [6.45, 7) is 3.58. The lowest BCUT2D eigenvalue weighted by Gasteiger charge is -2.07. The minimum Gasteiger partial charge on any atom is -0.493 e. The van der Waals surface area contributed by atoms with Gasteiger partial charge in [-0.3, -0.25) is 4.68 Å². The molecule has 2 aromatic carbocycles. The maximum atomic E-state index is 11.3. The summed E-state index contributed by atoms with van der Waals surface area (Å²) in [6, 6.07) is 16.5. The van der Waals surface area contributed by atoms with Crippen LogP contribution in [0.5, 0.6) is 11.5 Å². The van der Waals surface area contributed by atoms with Crippen molar-refractivity contribution in [2.75, 3.05) is 6.61 Å². The molecule has 7 heteroatoms. The van der Waals surface area contributed by atoms with E-state index in [1.165, 1.54) is 6.07 Å². The van der Waals surface area contributed by atoms with E-state index in [1.807, 2.05) is 49.5 Å². The Morgan fingerprint density at radius 3 is 2.83 bits per heavy atom. The highest BCUT2D eigenvalue weighted by Crippen LogP contribution is 2.20. The molecule has 0 bridgehead atoms. The van der Waals surface area contributed by atoms with Crippen molar-refractivity contribution >= 4 is 11.0 Å². The number of nitrogens with zero attached hydrogens (tertiary/aromatic N) is 3. The Bertz CT molecular complexity index is 1170. The fourth-order valence-electron chi connectivity index (χ4n) is 2.93. The van der Waals surface area contributed by atoms with Crippen molar-refractivity contribution in [1.29, 1.82) is 0 Å². The summed E-state index contributed by atoms with van der Waals surface area (Å²) in [5.74, 6) is 1.51. The molecule has 2 aromatic heterocycles. The summed E-state index contributed by atoms with van der Waals surface area (Å²) in [7, 11) is 0. The molecular formula is C22H21N3O4. The van der Waals surface area contributed by atoms with E-state index in [9.17, 15) is 4.79 Å². The minimum absolute atomic E-state index is 0.372. The third kappa shape index (κ3) is 4.82. The molecule has 4 aromatic rings. The van der Waals surface area contributed by atoms with E-state index in [0.29, 0.717) is 31.1 Å². The molecule has 0 aliphatic heterocycles. The lowest BCUT2D eigenvalue weighted by Crippen LogP contribution is -2.05. The van der Waals surface area contributed by atoms with Gasteiger partial charge in [0.2, 0.25) is 0 Å². The van der Waals surface area contributed by atoms with Gasteiger partial charge in [-0.15, -0.1) is 5.10 Å². The molecule has 0 atom stereocenters. The van der Waals surface area contributed by atoms with Gasteiger partial charge in [0.05, 0.1) is 12.8 Å². The molecule has 148 valence electrons. The molecule has 7 nitrogen and oxygen atoms in total. The van der Waals surface area contributed by atoms with E-state index in [0.717, 1.165) is 28.8 Å². The monoisotopic (exact) mass is 391 g/mol. The van der Waals surface area contributed by atoms with E-state index < -0.39 is 0 Å². The highest BCUT2D eigenvalue weighted by Gasteiger charge is 2.05. The van der Waals surface area contributed by atoms with Gasteiger partial charge in [0.1, 0.15) is 29.4 Å². The molecule has 2 heterocycles. The summed E-state index contributed by atoms with van der Waals surface area (Å²) in [6.07, 6.45) is 2.64. The van der Waals surface area contributed by atoms with Crippen molar-refractivity contribution in [1.82, 2.24) is 15.0 Å². The highest BCUT2D eigenvalue weighted by atomic mass is 16.5. The predicted octanol–water partition coefficient (Wildman–Crippen LogP) is 3.74. The molecule has 0 saturated heterocycles.